The molecular formula is C21H17N5O2S. The van der Waals surface area contributed by atoms with Crippen molar-refractivity contribution >= 4 is 27.8 Å². The first-order valence-electron chi connectivity index (χ1n) is 9.14. The van der Waals surface area contributed by atoms with Crippen LogP contribution in [0.3, 0.4) is 0 Å². The summed E-state index contributed by atoms with van der Waals surface area (Å²) in [6.45, 7) is 3.93. The molecule has 1 N–H and O–H groups in total. The molecule has 144 valence electrons. The number of aromatic nitrogens is 5. The molecule has 8 heteroatoms. The fraction of sp³-hybridized carbons (Fsp3) is 0.143. The first-order valence-corrected chi connectivity index (χ1v) is 10.0. The molecule has 0 aliphatic heterocycles. The third-order valence-corrected chi connectivity index (χ3v) is 5.92. The number of H-pyrrole nitrogens is 1. The predicted molar refractivity (Wildman–Crippen MR) is 114 cm³/mol. The maximum Gasteiger partial charge on any atom is 0.275 e. The zero-order chi connectivity index (χ0) is 20.1. The van der Waals surface area contributed by atoms with Crippen LogP contribution in [0.4, 0.5) is 0 Å². The number of thiophene rings is 1. The van der Waals surface area contributed by atoms with Crippen LogP contribution >= 0.6 is 11.3 Å². The number of hydrogen-bond donors (Lipinski definition) is 1. The van der Waals surface area contributed by atoms with Crippen LogP contribution in [-0.2, 0) is 6.54 Å². The second-order valence-electron chi connectivity index (χ2n) is 6.93. The number of aromatic amines is 1. The van der Waals surface area contributed by atoms with Crippen LogP contribution in [-0.4, -0.2) is 24.4 Å². The van der Waals surface area contributed by atoms with E-state index < -0.39 is 0 Å². The van der Waals surface area contributed by atoms with Gasteiger partial charge >= 0.3 is 0 Å². The van der Waals surface area contributed by atoms with Gasteiger partial charge in [0.25, 0.3) is 11.1 Å². The lowest BCUT2D eigenvalue weighted by Crippen LogP contribution is -2.26. The van der Waals surface area contributed by atoms with Crippen molar-refractivity contribution < 1.29 is 0 Å². The van der Waals surface area contributed by atoms with Crippen molar-refractivity contribution in [3.63, 3.8) is 0 Å². The van der Waals surface area contributed by atoms with E-state index in [2.05, 4.69) is 15.2 Å². The number of nitrogens with one attached hydrogen (secondary N) is 1. The van der Waals surface area contributed by atoms with Crippen LogP contribution in [0.5, 0.6) is 0 Å². The summed E-state index contributed by atoms with van der Waals surface area (Å²) >= 11 is 1.59. The van der Waals surface area contributed by atoms with Gasteiger partial charge in [0, 0.05) is 17.0 Å². The highest BCUT2D eigenvalue weighted by molar-refractivity contribution is 7.13. The van der Waals surface area contributed by atoms with Crippen LogP contribution in [0.15, 0.2) is 57.4 Å². The molecule has 0 bridgehead atoms. The summed E-state index contributed by atoms with van der Waals surface area (Å²) in [6, 6.07) is 12.8. The van der Waals surface area contributed by atoms with Crippen LogP contribution < -0.4 is 11.1 Å². The Bertz CT molecular complexity index is 1490. The van der Waals surface area contributed by atoms with Gasteiger partial charge in [0.2, 0.25) is 0 Å². The Kier molecular flexibility index (Phi) is 3.95. The lowest BCUT2D eigenvalue weighted by atomic mass is 10.1. The van der Waals surface area contributed by atoms with E-state index in [1.807, 2.05) is 49.6 Å². The Labute approximate surface area is 168 Å². The van der Waals surface area contributed by atoms with Crippen molar-refractivity contribution in [3.8, 4) is 10.6 Å². The van der Waals surface area contributed by atoms with Crippen LogP contribution in [0.2, 0.25) is 0 Å². The van der Waals surface area contributed by atoms with Crippen molar-refractivity contribution in [2.24, 2.45) is 0 Å². The highest BCUT2D eigenvalue weighted by Crippen LogP contribution is 2.27. The Morgan fingerprint density at radius 2 is 1.86 bits per heavy atom. The lowest BCUT2D eigenvalue weighted by molar-refractivity contribution is 0.625. The van der Waals surface area contributed by atoms with Crippen molar-refractivity contribution in [3.05, 3.63) is 85.5 Å². The van der Waals surface area contributed by atoms with Crippen molar-refractivity contribution in [1.82, 2.24) is 24.4 Å². The average Bonchev–Trinajstić information content (AvgIpc) is 3.35. The predicted octanol–water partition coefficient (Wildman–Crippen LogP) is 3.13. The zero-order valence-corrected chi connectivity index (χ0v) is 16.7. The molecule has 0 atom stereocenters. The summed E-state index contributed by atoms with van der Waals surface area (Å²) in [7, 11) is 0. The summed E-state index contributed by atoms with van der Waals surface area (Å²) in [5, 5.41) is 11.0. The Morgan fingerprint density at radius 3 is 2.62 bits per heavy atom. The van der Waals surface area contributed by atoms with Gasteiger partial charge in [-0.25, -0.2) is 14.2 Å². The van der Waals surface area contributed by atoms with E-state index in [0.29, 0.717) is 16.7 Å². The average molecular weight is 403 g/mol. The van der Waals surface area contributed by atoms with Gasteiger partial charge in [0.1, 0.15) is 0 Å². The van der Waals surface area contributed by atoms with E-state index in [1.54, 1.807) is 17.4 Å². The minimum absolute atomic E-state index is 0.134. The molecule has 0 saturated carbocycles. The molecule has 5 aromatic rings. The minimum Gasteiger partial charge on any atom is -0.288 e. The van der Waals surface area contributed by atoms with E-state index in [4.69, 9.17) is 0 Å². The van der Waals surface area contributed by atoms with Gasteiger partial charge in [-0.2, -0.15) is 5.10 Å². The minimum atomic E-state index is -0.221. The summed E-state index contributed by atoms with van der Waals surface area (Å²) < 4.78 is 2.81. The number of nitrogens with zero attached hydrogens (tertiary/aromatic N) is 4. The number of aryl methyl sites for hydroxylation is 2. The maximum absolute atomic E-state index is 12.8. The van der Waals surface area contributed by atoms with E-state index in [-0.39, 0.29) is 17.7 Å². The first kappa shape index (κ1) is 17.6. The van der Waals surface area contributed by atoms with Gasteiger partial charge in [-0.15, -0.1) is 11.3 Å². The second-order valence-corrected chi connectivity index (χ2v) is 7.88. The van der Waals surface area contributed by atoms with Gasteiger partial charge in [-0.3, -0.25) is 14.7 Å². The molecule has 1 aromatic carbocycles. The third kappa shape index (κ3) is 2.80. The normalized spacial score (nSPS) is 11.5. The van der Waals surface area contributed by atoms with Crippen molar-refractivity contribution in [1.29, 1.82) is 0 Å². The molecule has 5 rings (SSSR count). The maximum atomic E-state index is 12.8. The Hall–Kier alpha value is -3.52. The van der Waals surface area contributed by atoms with Gasteiger partial charge in [0.15, 0.2) is 5.65 Å². The number of fused-ring (bicyclic) bond motifs is 2. The number of hydrogen-bond acceptors (Lipinski definition) is 5. The highest BCUT2D eigenvalue weighted by atomic mass is 32.1. The van der Waals surface area contributed by atoms with Crippen LogP contribution in [0.25, 0.3) is 27.0 Å². The molecule has 4 heterocycles. The molecule has 0 spiro atoms. The van der Waals surface area contributed by atoms with E-state index in [1.165, 1.54) is 15.3 Å². The SMILES string of the molecule is Cc1nn(Cc2cc(=O)n3[nH]c(-c4cccs4)c(C)c3n2)c(=O)c2ccccc12. The topological polar surface area (TPSA) is 85.0 Å². The largest absolute Gasteiger partial charge is 0.288 e. The van der Waals surface area contributed by atoms with E-state index >= 15 is 0 Å². The summed E-state index contributed by atoms with van der Waals surface area (Å²) in [5.74, 6) is 0. The van der Waals surface area contributed by atoms with E-state index in [9.17, 15) is 9.59 Å². The zero-order valence-electron chi connectivity index (χ0n) is 15.8. The standard InChI is InChI=1S/C21H17N5O2S/c1-12-19(17-8-5-9-29-17)24-26-18(27)10-14(22-20(12)26)11-25-21(28)16-7-4-3-6-15(16)13(2)23-25/h3-10,24H,11H2,1-2H3. The molecule has 0 aliphatic carbocycles. The second kappa shape index (κ2) is 6.52. The Balaban J connectivity index is 1.64. The fourth-order valence-corrected chi connectivity index (χ4v) is 4.38. The third-order valence-electron chi connectivity index (χ3n) is 5.04. The highest BCUT2D eigenvalue weighted by Gasteiger charge is 2.15. The van der Waals surface area contributed by atoms with Crippen LogP contribution in [0.1, 0.15) is 17.0 Å². The molecule has 0 saturated heterocycles. The number of rotatable bonds is 3. The molecule has 0 amide bonds. The lowest BCUT2D eigenvalue weighted by Gasteiger charge is -2.08. The van der Waals surface area contributed by atoms with Crippen molar-refractivity contribution in [2.75, 3.05) is 0 Å². The monoisotopic (exact) mass is 403 g/mol. The van der Waals surface area contributed by atoms with Gasteiger partial charge in [-0.1, -0.05) is 24.3 Å². The van der Waals surface area contributed by atoms with Gasteiger partial charge in [0.05, 0.1) is 33.9 Å². The van der Waals surface area contributed by atoms with Crippen molar-refractivity contribution in [2.45, 2.75) is 20.4 Å². The summed E-state index contributed by atoms with van der Waals surface area (Å²) in [4.78, 5) is 31.2. The first-order chi connectivity index (χ1) is 14.0. The van der Waals surface area contributed by atoms with Gasteiger partial charge in [-0.05, 0) is 31.4 Å². The quantitative estimate of drug-likeness (QED) is 0.502. The Morgan fingerprint density at radius 1 is 1.07 bits per heavy atom. The molecule has 7 nitrogen and oxygen atoms in total. The molecule has 0 fully saturated rings. The van der Waals surface area contributed by atoms with Gasteiger partial charge < -0.3 is 0 Å². The molecule has 4 aromatic heterocycles. The fourth-order valence-electron chi connectivity index (χ4n) is 3.60. The smallest absolute Gasteiger partial charge is 0.275 e. The molecule has 0 radical (unpaired) electrons. The molecule has 0 aliphatic rings. The summed E-state index contributed by atoms with van der Waals surface area (Å²) in [6.07, 6.45) is 0. The van der Waals surface area contributed by atoms with Crippen LogP contribution in [0, 0.1) is 13.8 Å². The van der Waals surface area contributed by atoms with E-state index in [0.717, 1.165) is 27.2 Å². The molecule has 29 heavy (non-hydrogen) atoms. The molecule has 0 unspecified atom stereocenters. The molecular weight excluding hydrogens is 386 g/mol. The summed E-state index contributed by atoms with van der Waals surface area (Å²) in [5.41, 5.74) is 3.16. The number of benzene rings is 1.